The molecule has 1 aromatic rings. The molecule has 1 aliphatic rings. The second-order valence-corrected chi connectivity index (χ2v) is 5.19. The molecule has 0 amide bonds. The Morgan fingerprint density at radius 1 is 1.40 bits per heavy atom. The van der Waals surface area contributed by atoms with Gasteiger partial charge in [0.15, 0.2) is 0 Å². The first-order chi connectivity index (χ1) is 9.83. The van der Waals surface area contributed by atoms with E-state index >= 15 is 0 Å². The van der Waals surface area contributed by atoms with E-state index in [-0.39, 0.29) is 0 Å². The summed E-state index contributed by atoms with van der Waals surface area (Å²) < 4.78 is 5.36. The summed E-state index contributed by atoms with van der Waals surface area (Å²) in [5.74, 6) is 3.30. The molecule has 0 bridgehead atoms. The highest BCUT2D eigenvalue weighted by Crippen LogP contribution is 2.16. The van der Waals surface area contributed by atoms with Crippen LogP contribution in [0.3, 0.4) is 0 Å². The first-order valence-electron chi connectivity index (χ1n) is 7.43. The molecule has 1 aromatic carbocycles. The van der Waals surface area contributed by atoms with Crippen molar-refractivity contribution >= 4 is 0 Å². The summed E-state index contributed by atoms with van der Waals surface area (Å²) in [5, 5.41) is 3.56. The van der Waals surface area contributed by atoms with Crippen LogP contribution in [0.1, 0.15) is 25.3 Å². The lowest BCUT2D eigenvalue weighted by Gasteiger charge is -2.23. The zero-order valence-corrected chi connectivity index (χ0v) is 12.3. The predicted molar refractivity (Wildman–Crippen MR) is 82.7 cm³/mol. The van der Waals surface area contributed by atoms with Crippen LogP contribution >= 0.6 is 0 Å². The lowest BCUT2D eigenvalue weighted by Crippen LogP contribution is -2.37. The average molecular weight is 272 g/mol. The van der Waals surface area contributed by atoms with Crippen LogP contribution in [-0.2, 0) is 6.54 Å². The third-order valence-corrected chi connectivity index (χ3v) is 3.86. The van der Waals surface area contributed by atoms with Gasteiger partial charge in [-0.1, -0.05) is 25.0 Å². The van der Waals surface area contributed by atoms with Gasteiger partial charge in [0.05, 0.1) is 0 Å². The van der Waals surface area contributed by atoms with E-state index in [0.717, 1.165) is 25.4 Å². The van der Waals surface area contributed by atoms with Crippen molar-refractivity contribution in [2.24, 2.45) is 0 Å². The third kappa shape index (κ3) is 4.26. The van der Waals surface area contributed by atoms with Crippen LogP contribution in [0.25, 0.3) is 0 Å². The number of ether oxygens (including phenoxy) is 1. The summed E-state index contributed by atoms with van der Waals surface area (Å²) in [4.78, 5) is 2.56. The standard InChI is InChI=1S/C17H24N2O/c1-3-12-20-17-9-7-15(8-10-17)13-18-14-16-6-5-11-19(16)4-2/h1,7-10,16,18H,4-6,11-14H2,2H3/t16-/m0/s1. The Bertz CT molecular complexity index is 435. The second-order valence-electron chi connectivity index (χ2n) is 5.19. The Morgan fingerprint density at radius 3 is 2.90 bits per heavy atom. The van der Waals surface area contributed by atoms with Crippen molar-refractivity contribution in [2.45, 2.75) is 32.4 Å². The van der Waals surface area contributed by atoms with Crippen LogP contribution in [0.5, 0.6) is 5.75 Å². The van der Waals surface area contributed by atoms with Crippen LogP contribution in [-0.4, -0.2) is 37.2 Å². The van der Waals surface area contributed by atoms with Gasteiger partial charge in [-0.15, -0.1) is 6.42 Å². The van der Waals surface area contributed by atoms with E-state index in [1.807, 2.05) is 12.1 Å². The predicted octanol–water partition coefficient (Wildman–Crippen LogP) is 2.27. The van der Waals surface area contributed by atoms with E-state index in [1.54, 1.807) is 0 Å². The molecule has 3 heteroatoms. The van der Waals surface area contributed by atoms with Gasteiger partial charge in [0.2, 0.25) is 0 Å². The number of benzene rings is 1. The number of nitrogens with one attached hydrogen (secondary N) is 1. The molecule has 1 N–H and O–H groups in total. The zero-order chi connectivity index (χ0) is 14.2. The fourth-order valence-electron chi connectivity index (χ4n) is 2.75. The molecule has 0 aliphatic carbocycles. The molecular weight excluding hydrogens is 248 g/mol. The minimum Gasteiger partial charge on any atom is -0.481 e. The van der Waals surface area contributed by atoms with Crippen LogP contribution in [0.2, 0.25) is 0 Å². The highest BCUT2D eigenvalue weighted by molar-refractivity contribution is 5.27. The molecule has 20 heavy (non-hydrogen) atoms. The summed E-state index contributed by atoms with van der Waals surface area (Å²) in [7, 11) is 0. The zero-order valence-electron chi connectivity index (χ0n) is 12.3. The van der Waals surface area contributed by atoms with Gasteiger partial charge >= 0.3 is 0 Å². The number of likely N-dealkylation sites (tertiary alicyclic amines) is 1. The third-order valence-electron chi connectivity index (χ3n) is 3.86. The molecule has 0 saturated carbocycles. The number of terminal acetylenes is 1. The first-order valence-corrected chi connectivity index (χ1v) is 7.43. The minimum absolute atomic E-state index is 0.326. The van der Waals surface area contributed by atoms with Crippen molar-refractivity contribution in [1.29, 1.82) is 0 Å². The lowest BCUT2D eigenvalue weighted by molar-refractivity contribution is 0.260. The molecule has 2 rings (SSSR count). The van der Waals surface area contributed by atoms with Gasteiger partial charge in [-0.25, -0.2) is 0 Å². The molecule has 1 aliphatic heterocycles. The Kier molecular flexibility index (Phi) is 5.91. The van der Waals surface area contributed by atoms with Gasteiger partial charge in [0.1, 0.15) is 12.4 Å². The smallest absolute Gasteiger partial charge is 0.148 e. The van der Waals surface area contributed by atoms with E-state index in [1.165, 1.54) is 24.9 Å². The molecule has 108 valence electrons. The molecule has 0 unspecified atom stereocenters. The molecule has 0 spiro atoms. The molecular formula is C17H24N2O. The SMILES string of the molecule is C#CCOc1ccc(CNC[C@@H]2CCCN2CC)cc1. The summed E-state index contributed by atoms with van der Waals surface area (Å²) in [6.07, 6.45) is 7.82. The van der Waals surface area contributed by atoms with Crippen molar-refractivity contribution in [3.8, 4) is 18.1 Å². The van der Waals surface area contributed by atoms with E-state index in [0.29, 0.717) is 12.6 Å². The molecule has 1 atom stereocenters. The van der Waals surface area contributed by atoms with Gasteiger partial charge in [0, 0.05) is 19.1 Å². The van der Waals surface area contributed by atoms with E-state index in [2.05, 4.69) is 35.2 Å². The van der Waals surface area contributed by atoms with Crippen molar-refractivity contribution in [2.75, 3.05) is 26.2 Å². The van der Waals surface area contributed by atoms with Crippen LogP contribution < -0.4 is 10.1 Å². The summed E-state index contributed by atoms with van der Waals surface area (Å²) >= 11 is 0. The number of hydrogen-bond acceptors (Lipinski definition) is 3. The Balaban J connectivity index is 1.72. The molecule has 0 radical (unpaired) electrons. The fraction of sp³-hybridized carbons (Fsp3) is 0.529. The van der Waals surface area contributed by atoms with Gasteiger partial charge in [0.25, 0.3) is 0 Å². The number of hydrogen-bond donors (Lipinski definition) is 1. The van der Waals surface area contributed by atoms with Crippen molar-refractivity contribution < 1.29 is 4.74 Å². The fourth-order valence-corrected chi connectivity index (χ4v) is 2.75. The van der Waals surface area contributed by atoms with Gasteiger partial charge in [-0.3, -0.25) is 4.90 Å². The van der Waals surface area contributed by atoms with E-state index in [9.17, 15) is 0 Å². The highest BCUT2D eigenvalue weighted by Gasteiger charge is 2.21. The second kappa shape index (κ2) is 7.94. The number of rotatable bonds is 7. The van der Waals surface area contributed by atoms with Crippen LogP contribution in [0.15, 0.2) is 24.3 Å². The monoisotopic (exact) mass is 272 g/mol. The largest absolute Gasteiger partial charge is 0.481 e. The topological polar surface area (TPSA) is 24.5 Å². The van der Waals surface area contributed by atoms with Crippen LogP contribution in [0.4, 0.5) is 0 Å². The van der Waals surface area contributed by atoms with Gasteiger partial charge in [-0.05, 0) is 43.6 Å². The maximum Gasteiger partial charge on any atom is 0.148 e. The molecule has 1 saturated heterocycles. The van der Waals surface area contributed by atoms with Gasteiger partial charge in [-0.2, -0.15) is 0 Å². The molecule has 1 heterocycles. The normalized spacial score (nSPS) is 18.9. The van der Waals surface area contributed by atoms with Crippen molar-refractivity contribution in [3.63, 3.8) is 0 Å². The summed E-state index contributed by atoms with van der Waals surface area (Å²) in [6.45, 7) is 6.96. The summed E-state index contributed by atoms with van der Waals surface area (Å²) in [5.41, 5.74) is 1.28. The van der Waals surface area contributed by atoms with Crippen LogP contribution in [0, 0.1) is 12.3 Å². The molecule has 0 aromatic heterocycles. The number of likely N-dealkylation sites (N-methyl/N-ethyl adjacent to an activating group) is 1. The first kappa shape index (κ1) is 14.9. The summed E-state index contributed by atoms with van der Waals surface area (Å²) in [6, 6.07) is 8.83. The average Bonchev–Trinajstić information content (AvgIpc) is 2.94. The molecule has 3 nitrogen and oxygen atoms in total. The van der Waals surface area contributed by atoms with E-state index in [4.69, 9.17) is 11.2 Å². The van der Waals surface area contributed by atoms with E-state index < -0.39 is 0 Å². The minimum atomic E-state index is 0.326. The number of nitrogens with zero attached hydrogens (tertiary/aromatic N) is 1. The quantitative estimate of drug-likeness (QED) is 0.771. The van der Waals surface area contributed by atoms with Gasteiger partial charge < -0.3 is 10.1 Å². The lowest BCUT2D eigenvalue weighted by atomic mass is 10.2. The maximum atomic E-state index is 5.36. The Morgan fingerprint density at radius 2 is 2.20 bits per heavy atom. The van der Waals surface area contributed by atoms with Crippen molar-refractivity contribution in [3.05, 3.63) is 29.8 Å². The Labute approximate surface area is 122 Å². The Hall–Kier alpha value is -1.50. The highest BCUT2D eigenvalue weighted by atomic mass is 16.5. The maximum absolute atomic E-state index is 5.36. The van der Waals surface area contributed by atoms with Crippen molar-refractivity contribution in [1.82, 2.24) is 10.2 Å². The molecule has 1 fully saturated rings.